The number of aliphatic imine (C=N–C) groups is 1. The highest BCUT2D eigenvalue weighted by Crippen LogP contribution is 2.70. The van der Waals surface area contributed by atoms with Crippen molar-refractivity contribution in [3.05, 3.63) is 88.9 Å². The van der Waals surface area contributed by atoms with Crippen molar-refractivity contribution in [1.82, 2.24) is 0 Å². The monoisotopic (exact) mass is 355 g/mol. The summed E-state index contributed by atoms with van der Waals surface area (Å²) in [5, 5.41) is 3.14. The smallest absolute Gasteiger partial charge is 0.349 e. The molecular weight excluding hydrogens is 335 g/mol. The van der Waals surface area contributed by atoms with Crippen molar-refractivity contribution in [2.24, 2.45) is 4.99 Å². The largest absolute Gasteiger partial charge is 0.467 e. The molecule has 0 unspecified atom stereocenters. The van der Waals surface area contributed by atoms with Gasteiger partial charge in [0.1, 0.15) is 5.16 Å². The van der Waals surface area contributed by atoms with E-state index in [0.29, 0.717) is 6.54 Å². The fourth-order valence-corrected chi connectivity index (χ4v) is 5.40. The van der Waals surface area contributed by atoms with Crippen LogP contribution in [0.3, 0.4) is 0 Å². The highest BCUT2D eigenvalue weighted by Gasteiger charge is 2.54. The summed E-state index contributed by atoms with van der Waals surface area (Å²) in [6.45, 7) is 0.365. The first-order valence-corrected chi connectivity index (χ1v) is 9.43. The van der Waals surface area contributed by atoms with E-state index in [4.69, 9.17) is 9.05 Å². The third kappa shape index (κ3) is 2.85. The van der Waals surface area contributed by atoms with Crippen molar-refractivity contribution in [3.63, 3.8) is 0 Å². The van der Waals surface area contributed by atoms with E-state index in [0.717, 1.165) is 16.7 Å². The van der Waals surface area contributed by atoms with Gasteiger partial charge < -0.3 is 19.4 Å². The van der Waals surface area contributed by atoms with Crippen LogP contribution in [-0.4, -0.2) is 27.1 Å². The minimum atomic E-state index is -3.64. The van der Waals surface area contributed by atoms with Gasteiger partial charge in [-0.05, 0) is 23.2 Å². The molecule has 1 heterocycles. The van der Waals surface area contributed by atoms with Crippen molar-refractivity contribution in [3.8, 4) is 0 Å². The zero-order chi connectivity index (χ0) is 17.8. The van der Waals surface area contributed by atoms with Crippen LogP contribution in [0.2, 0.25) is 0 Å². The van der Waals surface area contributed by atoms with Crippen LogP contribution in [-0.2, 0) is 18.8 Å². The van der Waals surface area contributed by atoms with E-state index in [1.807, 2.05) is 60.7 Å². The number of rotatable bonds is 6. The van der Waals surface area contributed by atoms with Crippen LogP contribution in [0.1, 0.15) is 11.1 Å². The molecule has 2 aromatic carbocycles. The number of hydrogen-bond acceptors (Lipinski definition) is 4. The van der Waals surface area contributed by atoms with Crippen LogP contribution in [0.15, 0.2) is 77.4 Å². The molecule has 3 rings (SSSR count). The average molecular weight is 355 g/mol. The van der Waals surface area contributed by atoms with Gasteiger partial charge in [-0.2, -0.15) is 0 Å². The molecule has 1 aliphatic heterocycles. The van der Waals surface area contributed by atoms with Crippen LogP contribution >= 0.6 is 7.60 Å². The summed E-state index contributed by atoms with van der Waals surface area (Å²) >= 11 is 0. The maximum atomic E-state index is 13.9. The normalized spacial score (nSPS) is 14.7. The van der Waals surface area contributed by atoms with Gasteiger partial charge in [-0.15, -0.1) is 6.34 Å². The SMILES string of the molecule is COP(=O)(OC)C(C1=CN=C[N-]C1)(c1ccccc1)c1ccccc1. The van der Waals surface area contributed by atoms with Crippen molar-refractivity contribution in [2.75, 3.05) is 20.8 Å². The molecule has 0 saturated carbocycles. The Hall–Kier alpha value is -2.20. The van der Waals surface area contributed by atoms with E-state index in [1.54, 1.807) is 6.20 Å². The van der Waals surface area contributed by atoms with Crippen molar-refractivity contribution >= 4 is 13.9 Å². The molecule has 1 aliphatic rings. The van der Waals surface area contributed by atoms with Gasteiger partial charge in [0.2, 0.25) is 0 Å². The van der Waals surface area contributed by atoms with E-state index >= 15 is 0 Å². The zero-order valence-corrected chi connectivity index (χ0v) is 15.1. The lowest BCUT2D eigenvalue weighted by molar-refractivity contribution is 0.258. The van der Waals surface area contributed by atoms with E-state index < -0.39 is 12.8 Å². The molecule has 0 aliphatic carbocycles. The molecule has 0 amide bonds. The topological polar surface area (TPSA) is 62.0 Å². The zero-order valence-electron chi connectivity index (χ0n) is 14.2. The average Bonchev–Trinajstić information content (AvgIpc) is 2.71. The molecule has 5 nitrogen and oxygen atoms in total. The van der Waals surface area contributed by atoms with Gasteiger partial charge in [0.25, 0.3) is 0 Å². The van der Waals surface area contributed by atoms with Gasteiger partial charge in [0, 0.05) is 14.2 Å². The van der Waals surface area contributed by atoms with Crippen molar-refractivity contribution in [1.29, 1.82) is 0 Å². The Balaban J connectivity index is 2.42. The number of nitrogens with zero attached hydrogens (tertiary/aromatic N) is 2. The Morgan fingerprint density at radius 3 is 1.88 bits per heavy atom. The Labute approximate surface area is 147 Å². The maximum absolute atomic E-state index is 13.9. The predicted octanol–water partition coefficient (Wildman–Crippen LogP) is 4.72. The lowest BCUT2D eigenvalue weighted by atomic mass is 9.83. The van der Waals surface area contributed by atoms with Crippen molar-refractivity contribution < 1.29 is 13.6 Å². The van der Waals surface area contributed by atoms with Crippen LogP contribution in [0.4, 0.5) is 0 Å². The minimum Gasteiger partial charge on any atom is -0.467 e. The summed E-state index contributed by atoms with van der Waals surface area (Å²) in [5.41, 5.74) is 2.39. The first-order valence-electron chi connectivity index (χ1n) is 7.89. The summed E-state index contributed by atoms with van der Waals surface area (Å²) in [6, 6.07) is 19.2. The molecule has 0 N–H and O–H groups in total. The molecule has 0 saturated heterocycles. The summed E-state index contributed by atoms with van der Waals surface area (Å²) in [5.74, 6) is 0. The van der Waals surface area contributed by atoms with Gasteiger partial charge in [-0.3, -0.25) is 4.57 Å². The van der Waals surface area contributed by atoms with E-state index in [9.17, 15) is 4.57 Å². The Morgan fingerprint density at radius 2 is 1.48 bits per heavy atom. The highest BCUT2D eigenvalue weighted by atomic mass is 31.2. The van der Waals surface area contributed by atoms with Crippen LogP contribution in [0, 0.1) is 0 Å². The Morgan fingerprint density at radius 1 is 0.960 bits per heavy atom. The van der Waals surface area contributed by atoms with E-state index in [1.165, 1.54) is 20.6 Å². The molecule has 25 heavy (non-hydrogen) atoms. The molecule has 0 aromatic heterocycles. The highest BCUT2D eigenvalue weighted by molar-refractivity contribution is 7.55. The molecular formula is C19H20N2O3P-. The molecule has 6 heteroatoms. The summed E-state index contributed by atoms with van der Waals surface area (Å²) in [7, 11) is -0.814. The quantitative estimate of drug-likeness (QED) is 0.705. The predicted molar refractivity (Wildman–Crippen MR) is 100 cm³/mol. The van der Waals surface area contributed by atoms with Gasteiger partial charge >= 0.3 is 7.60 Å². The van der Waals surface area contributed by atoms with E-state index in [2.05, 4.69) is 10.3 Å². The number of benzene rings is 2. The van der Waals surface area contributed by atoms with Gasteiger partial charge in [-0.25, -0.2) is 0 Å². The molecule has 2 aromatic rings. The second-order valence-corrected chi connectivity index (χ2v) is 7.96. The molecule has 0 fully saturated rings. The molecule has 130 valence electrons. The molecule has 0 atom stereocenters. The minimum absolute atomic E-state index is 0.365. The fourth-order valence-electron chi connectivity index (χ4n) is 3.29. The lowest BCUT2D eigenvalue weighted by Crippen LogP contribution is -2.33. The molecule has 0 spiro atoms. The lowest BCUT2D eigenvalue weighted by Gasteiger charge is -2.42. The van der Waals surface area contributed by atoms with Gasteiger partial charge in [-0.1, -0.05) is 66.9 Å². The summed E-state index contributed by atoms with van der Waals surface area (Å²) < 4.78 is 24.9. The number of hydrogen-bond donors (Lipinski definition) is 0. The van der Waals surface area contributed by atoms with E-state index in [-0.39, 0.29) is 0 Å². The third-order valence-corrected chi connectivity index (χ3v) is 6.97. The maximum Gasteiger partial charge on any atom is 0.349 e. The Kier molecular flexibility index (Phi) is 5.19. The van der Waals surface area contributed by atoms with Crippen molar-refractivity contribution in [2.45, 2.75) is 5.16 Å². The second-order valence-electron chi connectivity index (χ2n) is 5.56. The third-order valence-electron chi connectivity index (χ3n) is 4.38. The van der Waals surface area contributed by atoms with Gasteiger partial charge in [0.05, 0.1) is 0 Å². The van der Waals surface area contributed by atoms with Crippen LogP contribution in [0.5, 0.6) is 0 Å². The fraction of sp³-hybridized carbons (Fsp3) is 0.211. The molecule has 0 radical (unpaired) electrons. The summed E-state index contributed by atoms with van der Waals surface area (Å²) in [6.07, 6.45) is 3.20. The van der Waals surface area contributed by atoms with Crippen LogP contribution in [0.25, 0.3) is 5.32 Å². The van der Waals surface area contributed by atoms with Gasteiger partial charge in [0.15, 0.2) is 0 Å². The van der Waals surface area contributed by atoms with Crippen LogP contribution < -0.4 is 0 Å². The Bertz CT molecular complexity index is 772. The standard InChI is InChI=1S/C19H20N2O3P/c1-23-25(22,24-2)19(16-9-5-3-6-10-16,17-11-7-4-8-12-17)18-13-20-15-21-14-18/h3-13,15H,14H2,1-2H3/q-1. The second kappa shape index (κ2) is 7.36. The first kappa shape index (κ1) is 17.6. The first-order chi connectivity index (χ1) is 12.2. The molecule has 0 bridgehead atoms. The summed E-state index contributed by atoms with van der Waals surface area (Å²) in [4.78, 5) is 4.17.